The van der Waals surface area contributed by atoms with Crippen LogP contribution in [0.1, 0.15) is 32.8 Å². The summed E-state index contributed by atoms with van der Waals surface area (Å²) in [5.41, 5.74) is 1.90. The van der Waals surface area contributed by atoms with Gasteiger partial charge in [0.25, 0.3) is 0 Å². The van der Waals surface area contributed by atoms with Gasteiger partial charge >= 0.3 is 0 Å². The topological polar surface area (TPSA) is 73.3 Å². The van der Waals surface area contributed by atoms with Crippen LogP contribution in [0.5, 0.6) is 23.0 Å². The molecule has 2 atom stereocenters. The van der Waals surface area contributed by atoms with Gasteiger partial charge in [-0.05, 0) is 68.1 Å². The fourth-order valence-corrected chi connectivity index (χ4v) is 3.24. The molecule has 1 saturated carbocycles. The van der Waals surface area contributed by atoms with Gasteiger partial charge < -0.3 is 29.6 Å². The monoisotopic (exact) mass is 555 g/mol. The molecule has 176 valence electrons. The van der Waals surface area contributed by atoms with E-state index in [9.17, 15) is 0 Å². The number of anilines is 1. The number of benzene rings is 2. The molecular formula is C24H34IN3O4. The molecule has 0 aromatic heterocycles. The molecule has 3 rings (SSSR count). The Morgan fingerprint density at radius 2 is 1.62 bits per heavy atom. The Kier molecular flexibility index (Phi) is 9.74. The lowest BCUT2D eigenvalue weighted by Crippen LogP contribution is -2.33. The maximum atomic E-state index is 5.72. The zero-order valence-corrected chi connectivity index (χ0v) is 21.9. The second kappa shape index (κ2) is 12.0. The van der Waals surface area contributed by atoms with Gasteiger partial charge in [-0.2, -0.15) is 0 Å². The van der Waals surface area contributed by atoms with E-state index < -0.39 is 0 Å². The highest BCUT2D eigenvalue weighted by Crippen LogP contribution is 2.38. The van der Waals surface area contributed by atoms with E-state index >= 15 is 0 Å². The van der Waals surface area contributed by atoms with Crippen molar-refractivity contribution in [2.45, 2.75) is 45.9 Å². The second-order valence-electron chi connectivity index (χ2n) is 7.98. The normalized spacial score (nSPS) is 17.3. The molecule has 1 aliphatic carbocycles. The van der Waals surface area contributed by atoms with Crippen LogP contribution >= 0.6 is 24.0 Å². The van der Waals surface area contributed by atoms with Gasteiger partial charge in [-0.1, -0.05) is 6.92 Å². The third-order valence-electron chi connectivity index (χ3n) is 5.06. The summed E-state index contributed by atoms with van der Waals surface area (Å²) < 4.78 is 22.0. The van der Waals surface area contributed by atoms with Gasteiger partial charge in [0.05, 0.1) is 34.0 Å². The maximum absolute atomic E-state index is 5.72. The smallest absolute Gasteiger partial charge is 0.203 e. The highest BCUT2D eigenvalue weighted by Gasteiger charge is 2.33. The molecule has 0 saturated heterocycles. The molecule has 0 amide bonds. The predicted molar refractivity (Wildman–Crippen MR) is 139 cm³/mol. The molecule has 2 aromatic carbocycles. The number of halogens is 1. The van der Waals surface area contributed by atoms with Gasteiger partial charge in [-0.25, -0.2) is 4.99 Å². The number of nitrogens with one attached hydrogen (secondary N) is 2. The first kappa shape index (κ1) is 25.9. The molecule has 32 heavy (non-hydrogen) atoms. The molecule has 0 spiro atoms. The Morgan fingerprint density at radius 3 is 2.09 bits per heavy atom. The lowest BCUT2D eigenvalue weighted by atomic mass is 10.2. The highest BCUT2D eigenvalue weighted by molar-refractivity contribution is 14.0. The summed E-state index contributed by atoms with van der Waals surface area (Å²) in [4.78, 5) is 4.79. The molecule has 0 radical (unpaired) electrons. The fourth-order valence-electron chi connectivity index (χ4n) is 3.24. The lowest BCUT2D eigenvalue weighted by molar-refractivity contribution is 0.242. The van der Waals surface area contributed by atoms with Crippen LogP contribution in [0.3, 0.4) is 0 Å². The van der Waals surface area contributed by atoms with Crippen LogP contribution in [0.15, 0.2) is 41.4 Å². The van der Waals surface area contributed by atoms with E-state index in [2.05, 4.69) is 17.6 Å². The molecule has 1 fully saturated rings. The van der Waals surface area contributed by atoms with E-state index in [0.717, 1.165) is 29.4 Å². The first-order chi connectivity index (χ1) is 14.9. The van der Waals surface area contributed by atoms with Crippen molar-refractivity contribution in [2.24, 2.45) is 10.9 Å². The van der Waals surface area contributed by atoms with Crippen LogP contribution in [-0.4, -0.2) is 39.4 Å². The van der Waals surface area contributed by atoms with Crippen LogP contribution in [0.4, 0.5) is 5.69 Å². The summed E-state index contributed by atoms with van der Waals surface area (Å²) >= 11 is 0. The van der Waals surface area contributed by atoms with Gasteiger partial charge in [0.15, 0.2) is 17.5 Å². The number of hydrogen-bond donors (Lipinski definition) is 2. The van der Waals surface area contributed by atoms with Gasteiger partial charge in [-0.3, -0.25) is 0 Å². The van der Waals surface area contributed by atoms with E-state index in [1.54, 1.807) is 21.3 Å². The van der Waals surface area contributed by atoms with Crippen molar-refractivity contribution in [1.82, 2.24) is 5.32 Å². The first-order valence-electron chi connectivity index (χ1n) is 10.6. The van der Waals surface area contributed by atoms with Crippen LogP contribution in [0, 0.1) is 5.92 Å². The van der Waals surface area contributed by atoms with Crippen molar-refractivity contribution in [3.05, 3.63) is 42.0 Å². The maximum Gasteiger partial charge on any atom is 0.203 e. The third-order valence-corrected chi connectivity index (χ3v) is 5.06. The summed E-state index contributed by atoms with van der Waals surface area (Å²) in [6.07, 6.45) is 1.29. The van der Waals surface area contributed by atoms with E-state index in [0.29, 0.717) is 35.8 Å². The Morgan fingerprint density at radius 1 is 1.03 bits per heavy atom. The Hall–Kier alpha value is -2.36. The fraction of sp³-hybridized carbons (Fsp3) is 0.458. The lowest BCUT2D eigenvalue weighted by Gasteiger charge is -2.15. The minimum Gasteiger partial charge on any atom is -0.493 e. The van der Waals surface area contributed by atoms with Crippen LogP contribution < -0.4 is 29.6 Å². The molecule has 0 aliphatic heterocycles. The SMILES string of the molecule is COc1cc(CN=C(Nc2ccc(OC(C)C)cc2)NC2CC2C)cc(OC)c1OC.I. The van der Waals surface area contributed by atoms with Crippen molar-refractivity contribution in [3.8, 4) is 23.0 Å². The average molecular weight is 555 g/mol. The number of rotatable bonds is 9. The third kappa shape index (κ3) is 7.08. The zero-order chi connectivity index (χ0) is 22.4. The summed E-state index contributed by atoms with van der Waals surface area (Å²) in [7, 11) is 4.82. The van der Waals surface area contributed by atoms with Gasteiger partial charge in [-0.15, -0.1) is 24.0 Å². The highest BCUT2D eigenvalue weighted by atomic mass is 127. The summed E-state index contributed by atoms with van der Waals surface area (Å²) in [5.74, 6) is 4.04. The Balaban J connectivity index is 0.00000363. The number of methoxy groups -OCH3 is 3. The van der Waals surface area contributed by atoms with Crippen molar-refractivity contribution in [3.63, 3.8) is 0 Å². The van der Waals surface area contributed by atoms with E-state index in [-0.39, 0.29) is 30.1 Å². The molecule has 7 nitrogen and oxygen atoms in total. The van der Waals surface area contributed by atoms with Crippen LogP contribution in [-0.2, 0) is 6.54 Å². The predicted octanol–water partition coefficient (Wildman–Crippen LogP) is 5.08. The van der Waals surface area contributed by atoms with Crippen molar-refractivity contribution in [1.29, 1.82) is 0 Å². The first-order valence-corrected chi connectivity index (χ1v) is 10.6. The molecule has 2 aromatic rings. The van der Waals surface area contributed by atoms with Crippen molar-refractivity contribution in [2.75, 3.05) is 26.6 Å². The number of guanidine groups is 1. The van der Waals surface area contributed by atoms with E-state index in [4.69, 9.17) is 23.9 Å². The number of hydrogen-bond acceptors (Lipinski definition) is 5. The summed E-state index contributed by atoms with van der Waals surface area (Å²) in [6.45, 7) is 6.72. The van der Waals surface area contributed by atoms with Gasteiger partial charge in [0.2, 0.25) is 5.75 Å². The number of ether oxygens (including phenoxy) is 4. The molecule has 2 N–H and O–H groups in total. The molecular weight excluding hydrogens is 521 g/mol. The van der Waals surface area contributed by atoms with Crippen LogP contribution in [0.2, 0.25) is 0 Å². The number of nitrogens with zero attached hydrogens (tertiary/aromatic N) is 1. The van der Waals surface area contributed by atoms with E-state index in [1.165, 1.54) is 0 Å². The van der Waals surface area contributed by atoms with Crippen molar-refractivity contribution < 1.29 is 18.9 Å². The second-order valence-corrected chi connectivity index (χ2v) is 7.98. The quantitative estimate of drug-likeness (QED) is 0.256. The van der Waals surface area contributed by atoms with Crippen LogP contribution in [0.25, 0.3) is 0 Å². The molecule has 1 aliphatic rings. The summed E-state index contributed by atoms with van der Waals surface area (Å²) in [5, 5.41) is 6.90. The minimum absolute atomic E-state index is 0. The standard InChI is InChI=1S/C24H33N3O4.HI/c1-15(2)31-19-9-7-18(8-10-19)26-24(27-20-11-16(20)3)25-14-17-12-21(28-4)23(30-6)22(13-17)29-5;/h7-10,12-13,15-16,20H,11,14H2,1-6H3,(H2,25,26,27);1H. The molecule has 0 heterocycles. The number of aliphatic imine (C=N–C) groups is 1. The molecule has 8 heteroatoms. The Labute approximate surface area is 207 Å². The Bertz CT molecular complexity index is 878. The van der Waals surface area contributed by atoms with Crippen molar-refractivity contribution >= 4 is 35.6 Å². The molecule has 2 unspecified atom stereocenters. The van der Waals surface area contributed by atoms with E-state index in [1.807, 2.05) is 50.2 Å². The minimum atomic E-state index is 0. The van der Waals surface area contributed by atoms with Gasteiger partial charge in [0.1, 0.15) is 5.75 Å². The molecule has 0 bridgehead atoms. The average Bonchev–Trinajstić information content (AvgIpc) is 3.46. The zero-order valence-electron chi connectivity index (χ0n) is 19.6. The largest absolute Gasteiger partial charge is 0.493 e. The van der Waals surface area contributed by atoms with Gasteiger partial charge in [0, 0.05) is 11.7 Å². The summed E-state index contributed by atoms with van der Waals surface area (Å²) in [6, 6.07) is 12.2.